The minimum atomic E-state index is -0.427. The number of rotatable bonds is 9. The molecular formula is C17H25NO4. The third-order valence-corrected chi connectivity index (χ3v) is 4.18. The first-order valence-corrected chi connectivity index (χ1v) is 8.17. The van der Waals surface area contributed by atoms with Gasteiger partial charge in [0.15, 0.2) is 5.75 Å². The van der Waals surface area contributed by atoms with Gasteiger partial charge in [-0.1, -0.05) is 39.0 Å². The zero-order valence-corrected chi connectivity index (χ0v) is 13.5. The quantitative estimate of drug-likeness (QED) is 0.378. The molecule has 22 heavy (non-hydrogen) atoms. The SMILES string of the molecule is CCCCCCCCC1Cc2cc(OC)c([N+](=O)[O-])cc2O1. The van der Waals surface area contributed by atoms with Crippen LogP contribution in [0.4, 0.5) is 5.69 Å². The molecule has 0 saturated carbocycles. The Morgan fingerprint density at radius 1 is 1.27 bits per heavy atom. The van der Waals surface area contributed by atoms with Crippen LogP contribution in [0.5, 0.6) is 11.5 Å². The predicted molar refractivity (Wildman–Crippen MR) is 85.8 cm³/mol. The van der Waals surface area contributed by atoms with Crippen molar-refractivity contribution in [1.82, 2.24) is 0 Å². The fraction of sp³-hybridized carbons (Fsp3) is 0.647. The normalized spacial score (nSPS) is 16.2. The molecule has 0 bridgehead atoms. The van der Waals surface area contributed by atoms with Crippen LogP contribution in [0.25, 0.3) is 0 Å². The molecule has 122 valence electrons. The van der Waals surface area contributed by atoms with E-state index in [4.69, 9.17) is 9.47 Å². The molecule has 0 fully saturated rings. The zero-order valence-electron chi connectivity index (χ0n) is 13.5. The van der Waals surface area contributed by atoms with Gasteiger partial charge in [0.25, 0.3) is 0 Å². The average Bonchev–Trinajstić information content (AvgIpc) is 2.90. The highest BCUT2D eigenvalue weighted by Gasteiger charge is 2.27. The predicted octanol–water partition coefficient (Wildman–Crippen LogP) is 4.66. The summed E-state index contributed by atoms with van der Waals surface area (Å²) >= 11 is 0. The van der Waals surface area contributed by atoms with Gasteiger partial charge in [-0.05, 0) is 18.9 Å². The molecule has 0 aliphatic carbocycles. The summed E-state index contributed by atoms with van der Waals surface area (Å²) < 4.78 is 11.0. The molecule has 1 aliphatic rings. The van der Waals surface area contributed by atoms with Crippen molar-refractivity contribution in [3.63, 3.8) is 0 Å². The van der Waals surface area contributed by atoms with Crippen molar-refractivity contribution in [3.8, 4) is 11.5 Å². The highest BCUT2D eigenvalue weighted by molar-refractivity contribution is 5.56. The molecule has 5 nitrogen and oxygen atoms in total. The molecule has 2 rings (SSSR count). The number of hydrogen-bond donors (Lipinski definition) is 0. The van der Waals surface area contributed by atoms with Gasteiger partial charge in [-0.15, -0.1) is 0 Å². The van der Waals surface area contributed by atoms with E-state index >= 15 is 0 Å². The lowest BCUT2D eigenvalue weighted by atomic mass is 10.0. The summed E-state index contributed by atoms with van der Waals surface area (Å²) in [6, 6.07) is 3.24. The molecule has 5 heteroatoms. The molecule has 0 spiro atoms. The Kier molecular flexibility index (Phi) is 6.04. The number of unbranched alkanes of at least 4 members (excludes halogenated alkanes) is 5. The minimum Gasteiger partial charge on any atom is -0.490 e. The molecule has 0 amide bonds. The van der Waals surface area contributed by atoms with Gasteiger partial charge in [-0.3, -0.25) is 10.1 Å². The van der Waals surface area contributed by atoms with Gasteiger partial charge in [-0.25, -0.2) is 0 Å². The second-order valence-corrected chi connectivity index (χ2v) is 5.89. The zero-order chi connectivity index (χ0) is 15.9. The van der Waals surface area contributed by atoms with Crippen molar-refractivity contribution < 1.29 is 14.4 Å². The van der Waals surface area contributed by atoms with Crippen LogP contribution in [-0.2, 0) is 6.42 Å². The molecule has 0 aromatic heterocycles. The van der Waals surface area contributed by atoms with Crippen molar-refractivity contribution in [2.24, 2.45) is 0 Å². The molecule has 1 aliphatic heterocycles. The molecule has 1 heterocycles. The highest BCUT2D eigenvalue weighted by Crippen LogP contribution is 2.39. The summed E-state index contributed by atoms with van der Waals surface area (Å²) in [7, 11) is 1.46. The summed E-state index contributed by atoms with van der Waals surface area (Å²) in [6.45, 7) is 2.22. The van der Waals surface area contributed by atoms with E-state index in [-0.39, 0.29) is 11.8 Å². The van der Waals surface area contributed by atoms with Crippen LogP contribution in [0.15, 0.2) is 12.1 Å². The largest absolute Gasteiger partial charge is 0.490 e. The van der Waals surface area contributed by atoms with E-state index in [9.17, 15) is 10.1 Å². The van der Waals surface area contributed by atoms with Crippen molar-refractivity contribution >= 4 is 5.69 Å². The second kappa shape index (κ2) is 8.01. The third kappa shape index (κ3) is 4.12. The van der Waals surface area contributed by atoms with Crippen molar-refractivity contribution in [3.05, 3.63) is 27.8 Å². The van der Waals surface area contributed by atoms with Crippen LogP contribution in [0.2, 0.25) is 0 Å². The van der Waals surface area contributed by atoms with E-state index in [1.807, 2.05) is 0 Å². The van der Waals surface area contributed by atoms with E-state index in [1.165, 1.54) is 45.3 Å². The molecule has 1 unspecified atom stereocenters. The van der Waals surface area contributed by atoms with Gasteiger partial charge in [0.2, 0.25) is 0 Å². The van der Waals surface area contributed by atoms with Crippen molar-refractivity contribution in [1.29, 1.82) is 0 Å². The summed E-state index contributed by atoms with van der Waals surface area (Å²) in [5.41, 5.74) is 0.986. The van der Waals surface area contributed by atoms with Gasteiger partial charge < -0.3 is 9.47 Å². The first-order valence-electron chi connectivity index (χ1n) is 8.17. The molecule has 1 aromatic rings. The topological polar surface area (TPSA) is 61.6 Å². The number of methoxy groups -OCH3 is 1. The summed E-state index contributed by atoms with van der Waals surface area (Å²) in [6.07, 6.45) is 9.54. The van der Waals surface area contributed by atoms with Gasteiger partial charge in [0.05, 0.1) is 18.1 Å². The fourth-order valence-electron chi connectivity index (χ4n) is 2.95. The van der Waals surface area contributed by atoms with Gasteiger partial charge in [0.1, 0.15) is 11.9 Å². The number of hydrogen-bond acceptors (Lipinski definition) is 4. The Balaban J connectivity index is 1.86. The molecule has 0 saturated heterocycles. The lowest BCUT2D eigenvalue weighted by Gasteiger charge is -2.10. The standard InChI is InChI=1S/C17H25NO4/c1-3-4-5-6-7-8-9-14-10-13-11-17(21-2)15(18(19)20)12-16(13)22-14/h11-12,14H,3-10H2,1-2H3. The Hall–Kier alpha value is -1.78. The van der Waals surface area contributed by atoms with Gasteiger partial charge in [0, 0.05) is 12.0 Å². The molecule has 0 N–H and O–H groups in total. The third-order valence-electron chi connectivity index (χ3n) is 4.18. The van der Waals surface area contributed by atoms with Crippen molar-refractivity contribution in [2.75, 3.05) is 7.11 Å². The highest BCUT2D eigenvalue weighted by atomic mass is 16.6. The number of ether oxygens (including phenoxy) is 2. The van der Waals surface area contributed by atoms with Gasteiger partial charge >= 0.3 is 5.69 Å². The summed E-state index contributed by atoms with van der Waals surface area (Å²) in [4.78, 5) is 10.6. The van der Waals surface area contributed by atoms with E-state index in [2.05, 4.69) is 6.92 Å². The van der Waals surface area contributed by atoms with Crippen LogP contribution in [-0.4, -0.2) is 18.1 Å². The summed E-state index contributed by atoms with van der Waals surface area (Å²) in [5, 5.41) is 11.0. The van der Waals surface area contributed by atoms with Crippen LogP contribution >= 0.6 is 0 Å². The van der Waals surface area contributed by atoms with Gasteiger partial charge in [-0.2, -0.15) is 0 Å². The number of nitro groups is 1. The lowest BCUT2D eigenvalue weighted by molar-refractivity contribution is -0.385. The molecular weight excluding hydrogens is 282 g/mol. The van der Waals surface area contributed by atoms with E-state index < -0.39 is 4.92 Å². The molecule has 1 atom stereocenters. The number of fused-ring (bicyclic) bond motifs is 1. The van der Waals surface area contributed by atoms with Crippen molar-refractivity contribution in [2.45, 2.75) is 64.4 Å². The second-order valence-electron chi connectivity index (χ2n) is 5.89. The Labute approximate surface area is 131 Å². The number of nitrogens with zero attached hydrogens (tertiary/aromatic N) is 1. The first-order chi connectivity index (χ1) is 10.7. The number of nitro benzene ring substituents is 1. The smallest absolute Gasteiger partial charge is 0.314 e. The maximum Gasteiger partial charge on any atom is 0.314 e. The Bertz CT molecular complexity index is 516. The van der Waals surface area contributed by atoms with E-state index in [0.717, 1.165) is 24.8 Å². The maximum absolute atomic E-state index is 11.0. The molecule has 1 aromatic carbocycles. The van der Waals surface area contributed by atoms with Crippen LogP contribution in [0, 0.1) is 10.1 Å². The van der Waals surface area contributed by atoms with E-state index in [1.54, 1.807) is 6.07 Å². The Morgan fingerprint density at radius 3 is 2.68 bits per heavy atom. The van der Waals surface area contributed by atoms with Crippen LogP contribution < -0.4 is 9.47 Å². The summed E-state index contributed by atoms with van der Waals surface area (Å²) in [5.74, 6) is 0.955. The van der Waals surface area contributed by atoms with Crippen LogP contribution in [0.3, 0.4) is 0 Å². The number of benzene rings is 1. The monoisotopic (exact) mass is 307 g/mol. The van der Waals surface area contributed by atoms with E-state index in [0.29, 0.717) is 11.5 Å². The Morgan fingerprint density at radius 2 is 2.00 bits per heavy atom. The maximum atomic E-state index is 11.0. The van der Waals surface area contributed by atoms with Crippen LogP contribution in [0.1, 0.15) is 57.4 Å². The fourth-order valence-corrected chi connectivity index (χ4v) is 2.95. The first kappa shape index (κ1) is 16.6. The molecule has 0 radical (unpaired) electrons. The lowest BCUT2D eigenvalue weighted by Crippen LogP contribution is -2.12. The average molecular weight is 307 g/mol. The minimum absolute atomic E-state index is 0.0264.